The van der Waals surface area contributed by atoms with E-state index in [9.17, 15) is 22.8 Å². The Morgan fingerprint density at radius 2 is 1.66 bits per heavy atom. The van der Waals surface area contributed by atoms with Crippen LogP contribution in [-0.2, 0) is 31.7 Å². The lowest BCUT2D eigenvalue weighted by Gasteiger charge is -2.14. The Kier molecular flexibility index (Phi) is 7.49. The van der Waals surface area contributed by atoms with Crippen molar-refractivity contribution < 1.29 is 27.5 Å². The molecule has 0 saturated carbocycles. The van der Waals surface area contributed by atoms with Gasteiger partial charge in [0.15, 0.2) is 15.9 Å². The quantitative estimate of drug-likeness (QED) is 0.662. The van der Waals surface area contributed by atoms with Gasteiger partial charge < -0.3 is 10.1 Å². The molecule has 2 aromatic carbocycles. The Balaban J connectivity index is 1.87. The van der Waals surface area contributed by atoms with Crippen LogP contribution in [0, 0.1) is 0 Å². The van der Waals surface area contributed by atoms with E-state index < -0.39 is 33.8 Å². The van der Waals surface area contributed by atoms with E-state index in [0.29, 0.717) is 5.56 Å². The van der Waals surface area contributed by atoms with E-state index in [-0.39, 0.29) is 17.9 Å². The van der Waals surface area contributed by atoms with Gasteiger partial charge in [0.1, 0.15) is 0 Å². The molecule has 2 aromatic rings. The highest BCUT2D eigenvalue weighted by atomic mass is 32.2. The van der Waals surface area contributed by atoms with Crippen LogP contribution < -0.4 is 10.6 Å². The van der Waals surface area contributed by atoms with Gasteiger partial charge in [-0.25, -0.2) is 18.0 Å². The minimum absolute atomic E-state index is 0.110. The molecule has 154 valence electrons. The summed E-state index contributed by atoms with van der Waals surface area (Å²) in [5.41, 5.74) is 1.40. The molecular formula is C20H22N2O6S. The Bertz CT molecular complexity index is 989. The summed E-state index contributed by atoms with van der Waals surface area (Å²) in [5, 5.41) is 4.63. The number of sulfone groups is 1. The highest BCUT2D eigenvalue weighted by molar-refractivity contribution is 7.89. The van der Waals surface area contributed by atoms with Gasteiger partial charge >= 0.3 is 12.0 Å². The number of hydrogen-bond donors (Lipinski definition) is 2. The second kappa shape index (κ2) is 9.83. The van der Waals surface area contributed by atoms with Crippen molar-refractivity contribution in [2.24, 2.45) is 0 Å². The molecule has 0 radical (unpaired) electrons. The molecule has 2 rings (SSSR count). The van der Waals surface area contributed by atoms with Gasteiger partial charge in [-0.2, -0.15) is 0 Å². The molecule has 0 aliphatic rings. The Morgan fingerprint density at radius 1 is 1.00 bits per heavy atom. The molecule has 0 aliphatic carbocycles. The predicted octanol–water partition coefficient (Wildman–Crippen LogP) is 1.80. The third kappa shape index (κ3) is 7.74. The van der Waals surface area contributed by atoms with E-state index in [1.165, 1.54) is 25.1 Å². The van der Waals surface area contributed by atoms with Crippen molar-refractivity contribution in [2.45, 2.75) is 25.3 Å². The molecule has 0 saturated heterocycles. The maximum atomic E-state index is 12.2. The van der Waals surface area contributed by atoms with Crippen LogP contribution in [0.5, 0.6) is 0 Å². The molecule has 0 bridgehead atoms. The number of carbonyl (C=O) groups is 3. The van der Waals surface area contributed by atoms with E-state index in [1.54, 1.807) is 6.07 Å². The lowest BCUT2D eigenvalue weighted by molar-refractivity contribution is -0.127. The lowest BCUT2D eigenvalue weighted by Crippen LogP contribution is -2.44. The van der Waals surface area contributed by atoms with E-state index in [2.05, 4.69) is 10.6 Å². The molecule has 0 spiro atoms. The first kappa shape index (κ1) is 22.1. The largest absolute Gasteiger partial charge is 0.449 e. The molecule has 0 aliphatic heterocycles. The number of rotatable bonds is 7. The summed E-state index contributed by atoms with van der Waals surface area (Å²) < 4.78 is 27.8. The minimum Gasteiger partial charge on any atom is -0.449 e. The van der Waals surface area contributed by atoms with E-state index in [0.717, 1.165) is 11.8 Å². The van der Waals surface area contributed by atoms with Crippen LogP contribution in [0.4, 0.5) is 4.79 Å². The highest BCUT2D eigenvalue weighted by Crippen LogP contribution is 2.11. The molecule has 0 heterocycles. The fraction of sp³-hybridized carbons (Fsp3) is 0.250. The average molecular weight is 418 g/mol. The second-order valence-electron chi connectivity index (χ2n) is 6.48. The van der Waals surface area contributed by atoms with Gasteiger partial charge in [-0.05, 0) is 30.2 Å². The zero-order valence-corrected chi connectivity index (χ0v) is 16.9. The first-order valence-corrected chi connectivity index (χ1v) is 10.8. The van der Waals surface area contributed by atoms with Crippen LogP contribution in [0.1, 0.15) is 28.4 Å². The molecule has 9 heteroatoms. The van der Waals surface area contributed by atoms with E-state index in [1.807, 2.05) is 30.3 Å². The van der Waals surface area contributed by atoms with Gasteiger partial charge in [0.2, 0.25) is 0 Å². The van der Waals surface area contributed by atoms with Crippen molar-refractivity contribution in [2.75, 3.05) is 6.26 Å². The fourth-order valence-electron chi connectivity index (χ4n) is 2.41. The number of imide groups is 1. The van der Waals surface area contributed by atoms with E-state index >= 15 is 0 Å². The first-order valence-electron chi connectivity index (χ1n) is 8.74. The number of carbonyl (C=O) groups excluding carboxylic acids is 3. The van der Waals surface area contributed by atoms with Crippen molar-refractivity contribution in [3.05, 3.63) is 71.3 Å². The van der Waals surface area contributed by atoms with Gasteiger partial charge in [0.05, 0.1) is 11.3 Å². The number of ether oxygens (including phenoxy) is 1. The Labute approximate surface area is 169 Å². The van der Waals surface area contributed by atoms with Crippen LogP contribution in [-0.4, -0.2) is 38.7 Å². The van der Waals surface area contributed by atoms with Gasteiger partial charge in [0.25, 0.3) is 5.91 Å². The third-order valence-electron chi connectivity index (χ3n) is 3.78. The molecule has 0 unspecified atom stereocenters. The number of hydrogen-bond acceptors (Lipinski definition) is 6. The summed E-state index contributed by atoms with van der Waals surface area (Å²) in [6, 6.07) is 14.4. The molecule has 0 aromatic heterocycles. The molecular weight excluding hydrogens is 396 g/mol. The molecule has 2 N–H and O–H groups in total. The number of nitrogens with one attached hydrogen (secondary N) is 2. The molecule has 0 fully saturated rings. The summed E-state index contributed by atoms with van der Waals surface area (Å²) >= 11 is 0. The zero-order valence-electron chi connectivity index (χ0n) is 16.0. The normalized spacial score (nSPS) is 11.9. The number of esters is 1. The molecule has 1 atom stereocenters. The van der Waals surface area contributed by atoms with Gasteiger partial charge in [0, 0.05) is 12.8 Å². The van der Waals surface area contributed by atoms with Crippen molar-refractivity contribution >= 4 is 27.7 Å². The Morgan fingerprint density at radius 3 is 2.31 bits per heavy atom. The van der Waals surface area contributed by atoms with Crippen LogP contribution >= 0.6 is 0 Å². The second-order valence-corrected chi connectivity index (χ2v) is 8.62. The third-order valence-corrected chi connectivity index (χ3v) is 4.63. The highest BCUT2D eigenvalue weighted by Gasteiger charge is 2.21. The zero-order chi connectivity index (χ0) is 21.4. The number of benzene rings is 2. The SMILES string of the molecule is C[C@@H](OC(=O)c1cccc(CS(C)(=O)=O)c1)C(=O)NC(=O)NCc1ccccc1. The molecule has 3 amide bonds. The maximum absolute atomic E-state index is 12.2. The topological polar surface area (TPSA) is 119 Å². The predicted molar refractivity (Wildman–Crippen MR) is 107 cm³/mol. The van der Waals surface area contributed by atoms with Gasteiger partial charge in [-0.1, -0.05) is 42.5 Å². The summed E-state index contributed by atoms with van der Waals surface area (Å²) in [5.74, 6) is -1.80. The smallest absolute Gasteiger partial charge is 0.338 e. The minimum atomic E-state index is -3.26. The first-order chi connectivity index (χ1) is 13.6. The standard InChI is InChI=1S/C20H22N2O6S/c1-14(18(23)22-20(25)21-12-15-7-4-3-5-8-15)28-19(24)17-10-6-9-16(11-17)13-29(2,26)27/h3-11,14H,12-13H2,1-2H3,(H2,21,22,23,25)/t14-/m1/s1. The summed E-state index contributed by atoms with van der Waals surface area (Å²) in [6.45, 7) is 1.57. The van der Waals surface area contributed by atoms with Crippen LogP contribution in [0.2, 0.25) is 0 Å². The van der Waals surface area contributed by atoms with Crippen LogP contribution in [0.3, 0.4) is 0 Å². The fourth-order valence-corrected chi connectivity index (χ4v) is 3.19. The van der Waals surface area contributed by atoms with Crippen LogP contribution in [0.25, 0.3) is 0 Å². The van der Waals surface area contributed by atoms with Crippen molar-refractivity contribution in [1.29, 1.82) is 0 Å². The maximum Gasteiger partial charge on any atom is 0.338 e. The summed E-state index contributed by atoms with van der Waals surface area (Å²) in [6.07, 6.45) is -0.128. The molecule has 29 heavy (non-hydrogen) atoms. The lowest BCUT2D eigenvalue weighted by atomic mass is 10.1. The van der Waals surface area contributed by atoms with Crippen molar-refractivity contribution in [1.82, 2.24) is 10.6 Å². The molecule has 8 nitrogen and oxygen atoms in total. The number of amides is 3. The monoisotopic (exact) mass is 418 g/mol. The van der Waals surface area contributed by atoms with Crippen molar-refractivity contribution in [3.8, 4) is 0 Å². The van der Waals surface area contributed by atoms with E-state index in [4.69, 9.17) is 4.74 Å². The van der Waals surface area contributed by atoms with Gasteiger partial charge in [-0.15, -0.1) is 0 Å². The summed E-state index contributed by atoms with van der Waals surface area (Å²) in [4.78, 5) is 36.1. The average Bonchev–Trinajstić information content (AvgIpc) is 2.66. The van der Waals surface area contributed by atoms with Crippen molar-refractivity contribution in [3.63, 3.8) is 0 Å². The van der Waals surface area contributed by atoms with Gasteiger partial charge in [-0.3, -0.25) is 10.1 Å². The number of urea groups is 1. The summed E-state index contributed by atoms with van der Waals surface area (Å²) in [7, 11) is -3.26. The Hall–Kier alpha value is -3.20. The van der Waals surface area contributed by atoms with Crippen LogP contribution in [0.15, 0.2) is 54.6 Å².